The molecule has 1 unspecified atom stereocenters. The van der Waals surface area contributed by atoms with Crippen LogP contribution in [-0.2, 0) is 9.59 Å². The number of rotatable bonds is 3. The highest BCUT2D eigenvalue weighted by molar-refractivity contribution is 5.80. The number of piperidine rings is 1. The maximum Gasteiger partial charge on any atom is 0.303 e. The number of carboxylic acid groups (broad SMARTS) is 1. The molecule has 2 aliphatic rings. The van der Waals surface area contributed by atoms with Crippen LogP contribution in [0.4, 0.5) is 0 Å². The monoisotopic (exact) mass is 254 g/mol. The Morgan fingerprint density at radius 2 is 2.17 bits per heavy atom. The van der Waals surface area contributed by atoms with Gasteiger partial charge in [-0.2, -0.15) is 0 Å². The van der Waals surface area contributed by atoms with Crippen molar-refractivity contribution in [1.29, 1.82) is 0 Å². The summed E-state index contributed by atoms with van der Waals surface area (Å²) >= 11 is 0. The molecule has 2 aliphatic heterocycles. The van der Waals surface area contributed by atoms with Crippen LogP contribution in [0.15, 0.2) is 0 Å². The van der Waals surface area contributed by atoms with Crippen molar-refractivity contribution < 1.29 is 14.7 Å². The van der Waals surface area contributed by atoms with Gasteiger partial charge in [0.2, 0.25) is 5.91 Å². The molecule has 5 nitrogen and oxygen atoms in total. The minimum atomic E-state index is -0.759. The number of hydrogen-bond acceptors (Lipinski definition) is 3. The molecular formula is C13H22N2O3. The summed E-state index contributed by atoms with van der Waals surface area (Å²) in [5, 5.41) is 12.1. The molecule has 2 rings (SSSR count). The Hall–Kier alpha value is -1.10. The Labute approximate surface area is 108 Å². The second-order valence-corrected chi connectivity index (χ2v) is 5.63. The van der Waals surface area contributed by atoms with Gasteiger partial charge in [0.25, 0.3) is 0 Å². The van der Waals surface area contributed by atoms with Crippen molar-refractivity contribution in [3.8, 4) is 0 Å². The van der Waals surface area contributed by atoms with Gasteiger partial charge in [-0.3, -0.25) is 9.59 Å². The lowest BCUT2D eigenvalue weighted by Crippen LogP contribution is -2.45. The zero-order valence-electron chi connectivity index (χ0n) is 10.9. The molecule has 5 heteroatoms. The molecule has 0 saturated carbocycles. The first kappa shape index (κ1) is 13.3. The average Bonchev–Trinajstić information content (AvgIpc) is 2.74. The van der Waals surface area contributed by atoms with Crippen molar-refractivity contribution in [3.63, 3.8) is 0 Å². The summed E-state index contributed by atoms with van der Waals surface area (Å²) in [5.41, 5.74) is 0. The summed E-state index contributed by atoms with van der Waals surface area (Å²) < 4.78 is 0. The molecule has 0 aliphatic carbocycles. The number of carbonyl (C=O) groups is 2. The fourth-order valence-electron chi connectivity index (χ4n) is 3.05. The third-order valence-corrected chi connectivity index (χ3v) is 4.13. The topological polar surface area (TPSA) is 69.6 Å². The summed E-state index contributed by atoms with van der Waals surface area (Å²) in [4.78, 5) is 25.0. The van der Waals surface area contributed by atoms with Crippen molar-refractivity contribution in [1.82, 2.24) is 10.2 Å². The molecular weight excluding hydrogens is 232 g/mol. The maximum absolute atomic E-state index is 12.4. The van der Waals surface area contributed by atoms with Crippen molar-refractivity contribution in [2.75, 3.05) is 26.2 Å². The highest BCUT2D eigenvalue weighted by Crippen LogP contribution is 2.24. The Bertz CT molecular complexity index is 332. The van der Waals surface area contributed by atoms with Crippen LogP contribution < -0.4 is 5.32 Å². The molecule has 0 bridgehead atoms. The third-order valence-electron chi connectivity index (χ3n) is 4.13. The smallest absolute Gasteiger partial charge is 0.303 e. The highest BCUT2D eigenvalue weighted by atomic mass is 16.4. The lowest BCUT2D eigenvalue weighted by atomic mass is 9.91. The van der Waals surface area contributed by atoms with Crippen LogP contribution in [0.3, 0.4) is 0 Å². The van der Waals surface area contributed by atoms with E-state index in [1.807, 2.05) is 4.90 Å². The standard InChI is InChI=1S/C13H22N2O3/c1-9-6-14-7-11(9)13(18)15-4-2-3-10(8-15)5-12(16)17/h9-11,14H,2-8H2,1H3,(H,16,17)/t9-,10?,11-/m1/s1. The molecule has 1 amide bonds. The van der Waals surface area contributed by atoms with E-state index in [1.54, 1.807) is 0 Å². The summed E-state index contributed by atoms with van der Waals surface area (Å²) in [7, 11) is 0. The average molecular weight is 254 g/mol. The van der Waals surface area contributed by atoms with Gasteiger partial charge < -0.3 is 15.3 Å². The van der Waals surface area contributed by atoms with E-state index in [0.29, 0.717) is 12.5 Å². The van der Waals surface area contributed by atoms with Crippen LogP contribution in [0, 0.1) is 17.8 Å². The van der Waals surface area contributed by atoms with Gasteiger partial charge in [-0.25, -0.2) is 0 Å². The van der Waals surface area contributed by atoms with Gasteiger partial charge >= 0.3 is 5.97 Å². The van der Waals surface area contributed by atoms with Gasteiger partial charge in [-0.15, -0.1) is 0 Å². The Morgan fingerprint density at radius 3 is 2.78 bits per heavy atom. The molecule has 2 heterocycles. The number of aliphatic carboxylic acids is 1. The van der Waals surface area contributed by atoms with Crippen LogP contribution in [0.25, 0.3) is 0 Å². The van der Waals surface area contributed by atoms with E-state index in [-0.39, 0.29) is 24.2 Å². The molecule has 0 radical (unpaired) electrons. The van der Waals surface area contributed by atoms with E-state index in [2.05, 4.69) is 12.2 Å². The molecule has 3 atom stereocenters. The zero-order valence-corrected chi connectivity index (χ0v) is 10.9. The van der Waals surface area contributed by atoms with Crippen LogP contribution in [0.1, 0.15) is 26.2 Å². The predicted octanol–water partition coefficient (Wildman–Crippen LogP) is 0.555. The Kier molecular flexibility index (Phi) is 4.22. The predicted molar refractivity (Wildman–Crippen MR) is 67.1 cm³/mol. The Morgan fingerprint density at radius 1 is 1.39 bits per heavy atom. The number of amides is 1. The fourth-order valence-corrected chi connectivity index (χ4v) is 3.05. The molecule has 102 valence electrons. The number of hydrogen-bond donors (Lipinski definition) is 2. The van der Waals surface area contributed by atoms with Gasteiger partial charge in [0.05, 0.1) is 5.92 Å². The minimum absolute atomic E-state index is 0.0774. The van der Waals surface area contributed by atoms with Crippen LogP contribution >= 0.6 is 0 Å². The summed E-state index contributed by atoms with van der Waals surface area (Å²) in [5.74, 6) is 0.0450. The zero-order chi connectivity index (χ0) is 13.1. The van der Waals surface area contributed by atoms with E-state index in [4.69, 9.17) is 5.11 Å². The number of likely N-dealkylation sites (tertiary alicyclic amines) is 1. The molecule has 18 heavy (non-hydrogen) atoms. The van der Waals surface area contributed by atoms with Gasteiger partial charge in [0.15, 0.2) is 0 Å². The first-order chi connectivity index (χ1) is 8.58. The minimum Gasteiger partial charge on any atom is -0.481 e. The van der Waals surface area contributed by atoms with Crippen LogP contribution in [0.2, 0.25) is 0 Å². The number of carbonyl (C=O) groups excluding carboxylic acids is 1. The van der Waals surface area contributed by atoms with Crippen LogP contribution in [0.5, 0.6) is 0 Å². The van der Waals surface area contributed by atoms with Crippen molar-refractivity contribution in [3.05, 3.63) is 0 Å². The fraction of sp³-hybridized carbons (Fsp3) is 0.846. The van der Waals surface area contributed by atoms with Gasteiger partial charge in [0, 0.05) is 26.1 Å². The summed E-state index contributed by atoms with van der Waals surface area (Å²) in [6.45, 7) is 5.18. The van der Waals surface area contributed by atoms with Crippen LogP contribution in [-0.4, -0.2) is 48.1 Å². The Balaban J connectivity index is 1.91. The van der Waals surface area contributed by atoms with E-state index in [0.717, 1.165) is 32.5 Å². The first-order valence-corrected chi connectivity index (χ1v) is 6.79. The van der Waals surface area contributed by atoms with E-state index < -0.39 is 5.97 Å². The summed E-state index contributed by atoms with van der Waals surface area (Å²) in [6.07, 6.45) is 2.04. The van der Waals surface area contributed by atoms with Gasteiger partial charge in [0.1, 0.15) is 0 Å². The van der Waals surface area contributed by atoms with E-state index >= 15 is 0 Å². The molecule has 2 saturated heterocycles. The third kappa shape index (κ3) is 3.02. The number of nitrogens with zero attached hydrogens (tertiary/aromatic N) is 1. The van der Waals surface area contributed by atoms with Gasteiger partial charge in [-0.1, -0.05) is 6.92 Å². The SMILES string of the molecule is C[C@@H]1CNC[C@H]1C(=O)N1CCCC(CC(=O)O)C1. The summed E-state index contributed by atoms with van der Waals surface area (Å²) in [6, 6.07) is 0. The van der Waals surface area contributed by atoms with Crippen molar-refractivity contribution in [2.24, 2.45) is 17.8 Å². The highest BCUT2D eigenvalue weighted by Gasteiger charge is 2.34. The number of nitrogens with one attached hydrogen (secondary N) is 1. The quantitative estimate of drug-likeness (QED) is 0.772. The normalized spacial score (nSPS) is 32.5. The molecule has 2 N–H and O–H groups in total. The first-order valence-electron chi connectivity index (χ1n) is 6.79. The largest absolute Gasteiger partial charge is 0.481 e. The molecule has 2 fully saturated rings. The van der Waals surface area contributed by atoms with Gasteiger partial charge in [-0.05, 0) is 31.2 Å². The lowest BCUT2D eigenvalue weighted by molar-refractivity contribution is -0.142. The lowest BCUT2D eigenvalue weighted by Gasteiger charge is -2.34. The van der Waals surface area contributed by atoms with E-state index in [9.17, 15) is 9.59 Å². The van der Waals surface area contributed by atoms with Crippen molar-refractivity contribution in [2.45, 2.75) is 26.2 Å². The molecule has 0 aromatic heterocycles. The molecule has 0 aromatic carbocycles. The second-order valence-electron chi connectivity index (χ2n) is 5.63. The molecule has 0 spiro atoms. The van der Waals surface area contributed by atoms with Crippen molar-refractivity contribution >= 4 is 11.9 Å². The maximum atomic E-state index is 12.4. The van der Waals surface area contributed by atoms with E-state index in [1.165, 1.54) is 0 Å². The molecule has 0 aromatic rings. The number of carboxylic acids is 1. The second kappa shape index (κ2) is 5.69.